The molecule has 0 aromatic carbocycles. The Balaban J connectivity index is 4.76. The first kappa shape index (κ1) is 14.9. The van der Waals surface area contributed by atoms with Crippen LogP contribution in [0.1, 0.15) is 34.6 Å². The number of hydrogen-bond acceptors (Lipinski definition) is 6. The number of thiocarbonyl (C=S) groups is 1. The van der Waals surface area contributed by atoms with Gasteiger partial charge in [-0.05, 0) is 39.9 Å². The molecule has 0 aromatic heterocycles. The third-order valence-corrected chi connectivity index (χ3v) is 1.49. The number of azo groups is 1. The van der Waals surface area contributed by atoms with Crippen molar-refractivity contribution in [3.05, 3.63) is 0 Å². The van der Waals surface area contributed by atoms with E-state index in [2.05, 4.69) is 32.6 Å². The minimum Gasteiger partial charge on any atom is -0.461 e. The monoisotopic (exact) mass is 243 g/mol. The first-order chi connectivity index (χ1) is 7.18. The number of isothiocyanates is 1. The average molecular weight is 243 g/mol. The van der Waals surface area contributed by atoms with E-state index >= 15 is 0 Å². The van der Waals surface area contributed by atoms with Crippen molar-refractivity contribution in [3.8, 4) is 0 Å². The van der Waals surface area contributed by atoms with Crippen molar-refractivity contribution in [1.82, 2.24) is 0 Å². The zero-order chi connectivity index (χ0) is 12.8. The van der Waals surface area contributed by atoms with E-state index in [1.807, 2.05) is 20.8 Å². The molecule has 6 heteroatoms. The molecule has 0 aliphatic carbocycles. The van der Waals surface area contributed by atoms with Gasteiger partial charge in [0.05, 0.1) is 10.7 Å². The van der Waals surface area contributed by atoms with Crippen LogP contribution in [-0.2, 0) is 9.53 Å². The van der Waals surface area contributed by atoms with Crippen molar-refractivity contribution in [2.24, 2.45) is 15.2 Å². The van der Waals surface area contributed by atoms with Crippen LogP contribution >= 0.6 is 12.2 Å². The summed E-state index contributed by atoms with van der Waals surface area (Å²) in [6, 6.07) is 0. The Morgan fingerprint density at radius 3 is 2.25 bits per heavy atom. The maximum absolute atomic E-state index is 10.7. The summed E-state index contributed by atoms with van der Waals surface area (Å²) >= 11 is 4.53. The Hall–Kier alpha value is -1.13. The molecule has 1 atom stereocenters. The van der Waals surface area contributed by atoms with Crippen molar-refractivity contribution in [3.63, 3.8) is 0 Å². The fourth-order valence-corrected chi connectivity index (χ4v) is 0.875. The third-order valence-electron chi connectivity index (χ3n) is 1.40. The largest absolute Gasteiger partial charge is 0.461 e. The van der Waals surface area contributed by atoms with Gasteiger partial charge < -0.3 is 4.74 Å². The van der Waals surface area contributed by atoms with Gasteiger partial charge in [-0.15, -0.1) is 0 Å². The molecular formula is C10H17N3O2S. The molecule has 1 unspecified atom stereocenters. The van der Waals surface area contributed by atoms with E-state index in [-0.39, 0.29) is 12.1 Å². The van der Waals surface area contributed by atoms with Gasteiger partial charge in [-0.1, -0.05) is 0 Å². The van der Waals surface area contributed by atoms with Crippen LogP contribution in [0, 0.1) is 0 Å². The molecular weight excluding hydrogens is 226 g/mol. The predicted octanol–water partition coefficient (Wildman–Crippen LogP) is 2.62. The molecule has 5 nitrogen and oxygen atoms in total. The molecule has 0 aromatic rings. The first-order valence-electron chi connectivity index (χ1n) is 4.85. The smallest absolute Gasteiger partial charge is 0.302 e. The molecule has 0 saturated heterocycles. The molecule has 90 valence electrons. The quantitative estimate of drug-likeness (QED) is 0.330. The second-order valence-electron chi connectivity index (χ2n) is 4.57. The number of aliphatic imine (C=N–C) groups is 1. The second-order valence-corrected chi connectivity index (χ2v) is 4.75. The Morgan fingerprint density at radius 2 is 1.88 bits per heavy atom. The molecule has 0 aliphatic heterocycles. The van der Waals surface area contributed by atoms with Gasteiger partial charge in [0.25, 0.3) is 0 Å². The number of carbonyl (C=O) groups excluding carboxylic acids is 1. The van der Waals surface area contributed by atoms with E-state index in [1.54, 1.807) is 6.92 Å². The molecule has 0 saturated carbocycles. The van der Waals surface area contributed by atoms with Crippen LogP contribution in [0.3, 0.4) is 0 Å². The normalized spacial score (nSPS) is 15.3. The Bertz CT molecular complexity index is 329. The van der Waals surface area contributed by atoms with Crippen LogP contribution in [0.4, 0.5) is 0 Å². The SMILES string of the molecule is CC(=O)OCC(C)(N=C=S)N=NC(C)(C)C. The lowest BCUT2D eigenvalue weighted by Gasteiger charge is -2.19. The van der Waals surface area contributed by atoms with Crippen molar-refractivity contribution < 1.29 is 9.53 Å². The van der Waals surface area contributed by atoms with E-state index in [4.69, 9.17) is 4.74 Å². The van der Waals surface area contributed by atoms with Crippen molar-refractivity contribution in [2.45, 2.75) is 45.8 Å². The zero-order valence-electron chi connectivity index (χ0n) is 10.3. The molecule has 0 amide bonds. The fraction of sp³-hybridized carbons (Fsp3) is 0.800. The highest BCUT2D eigenvalue weighted by Gasteiger charge is 2.25. The molecule has 0 spiro atoms. The van der Waals surface area contributed by atoms with Gasteiger partial charge in [0.2, 0.25) is 5.66 Å². The van der Waals surface area contributed by atoms with Crippen LogP contribution < -0.4 is 0 Å². The van der Waals surface area contributed by atoms with Gasteiger partial charge >= 0.3 is 5.97 Å². The highest BCUT2D eigenvalue weighted by molar-refractivity contribution is 7.78. The summed E-state index contributed by atoms with van der Waals surface area (Å²) in [5.41, 5.74) is -1.30. The molecule has 0 aliphatic rings. The maximum atomic E-state index is 10.7. The molecule has 0 bridgehead atoms. The highest BCUT2D eigenvalue weighted by Crippen LogP contribution is 2.17. The van der Waals surface area contributed by atoms with Gasteiger partial charge in [-0.2, -0.15) is 15.2 Å². The number of hydrogen-bond donors (Lipinski definition) is 0. The zero-order valence-corrected chi connectivity index (χ0v) is 11.1. The molecule has 0 radical (unpaired) electrons. The van der Waals surface area contributed by atoms with Crippen LogP contribution in [0.5, 0.6) is 0 Å². The van der Waals surface area contributed by atoms with Crippen molar-refractivity contribution in [2.75, 3.05) is 6.61 Å². The molecule has 0 heterocycles. The lowest BCUT2D eigenvalue weighted by Crippen LogP contribution is -2.28. The Morgan fingerprint density at radius 1 is 1.31 bits per heavy atom. The summed E-state index contributed by atoms with van der Waals surface area (Å²) in [5.74, 6) is -0.392. The molecule has 16 heavy (non-hydrogen) atoms. The summed E-state index contributed by atoms with van der Waals surface area (Å²) in [6.45, 7) is 8.72. The van der Waals surface area contributed by atoms with Crippen molar-refractivity contribution in [1.29, 1.82) is 0 Å². The minimum absolute atomic E-state index is 0.00551. The predicted molar refractivity (Wildman–Crippen MR) is 64.7 cm³/mol. The standard InChI is InChI=1S/C10H17N3O2S/c1-8(14)15-6-10(5,11-7-16)13-12-9(2,3)4/h6H2,1-5H3. The summed E-state index contributed by atoms with van der Waals surface area (Å²) in [5, 5.41) is 10.4. The topological polar surface area (TPSA) is 63.4 Å². The summed E-state index contributed by atoms with van der Waals surface area (Å²) in [4.78, 5) is 14.6. The van der Waals surface area contributed by atoms with Crippen LogP contribution in [0.15, 0.2) is 15.2 Å². The fourth-order valence-electron chi connectivity index (χ4n) is 0.678. The number of ether oxygens (including phenoxy) is 1. The molecule has 0 rings (SSSR count). The Kier molecular flexibility index (Phi) is 5.41. The number of rotatable bonds is 4. The number of esters is 1. The number of carbonyl (C=O) groups is 1. The third kappa shape index (κ3) is 7.20. The minimum atomic E-state index is -0.985. The van der Waals surface area contributed by atoms with Crippen molar-refractivity contribution >= 4 is 23.3 Å². The van der Waals surface area contributed by atoms with Gasteiger partial charge in [0, 0.05) is 6.92 Å². The van der Waals surface area contributed by atoms with Crippen LogP contribution in [-0.4, -0.2) is 28.9 Å². The molecule has 0 N–H and O–H groups in total. The highest BCUT2D eigenvalue weighted by atomic mass is 32.1. The van der Waals surface area contributed by atoms with Crippen LogP contribution in [0.2, 0.25) is 0 Å². The van der Waals surface area contributed by atoms with E-state index in [0.717, 1.165) is 0 Å². The summed E-state index contributed by atoms with van der Waals surface area (Å²) in [7, 11) is 0. The lowest BCUT2D eigenvalue weighted by atomic mass is 10.1. The van der Waals surface area contributed by atoms with E-state index in [9.17, 15) is 4.79 Å². The summed E-state index contributed by atoms with van der Waals surface area (Å²) in [6.07, 6.45) is 0. The molecule has 0 fully saturated rings. The van der Waals surface area contributed by atoms with Gasteiger partial charge in [0.1, 0.15) is 6.61 Å². The van der Waals surface area contributed by atoms with E-state index < -0.39 is 11.6 Å². The van der Waals surface area contributed by atoms with Gasteiger partial charge in [0.15, 0.2) is 0 Å². The average Bonchev–Trinajstić information content (AvgIpc) is 2.12. The Labute approximate surface area is 101 Å². The van der Waals surface area contributed by atoms with Gasteiger partial charge in [-0.3, -0.25) is 4.79 Å². The van der Waals surface area contributed by atoms with Crippen LogP contribution in [0.25, 0.3) is 0 Å². The van der Waals surface area contributed by atoms with E-state index in [1.165, 1.54) is 6.92 Å². The van der Waals surface area contributed by atoms with E-state index in [0.29, 0.717) is 0 Å². The lowest BCUT2D eigenvalue weighted by molar-refractivity contribution is -0.142. The summed E-state index contributed by atoms with van der Waals surface area (Å²) < 4.78 is 4.85. The van der Waals surface area contributed by atoms with Gasteiger partial charge in [-0.25, -0.2) is 0 Å². The number of nitrogens with zero attached hydrogens (tertiary/aromatic N) is 3. The first-order valence-corrected chi connectivity index (χ1v) is 5.26. The maximum Gasteiger partial charge on any atom is 0.302 e. The second kappa shape index (κ2) is 5.82.